The number of esters is 1. The van der Waals surface area contributed by atoms with Crippen LogP contribution < -0.4 is 4.74 Å². The lowest BCUT2D eigenvalue weighted by molar-refractivity contribution is 0.0600. The molecule has 3 aromatic rings. The standard InChI is InChI=1S/C17H13FN2O4/c1-22-17(21)12-4-7-15(19-8-12)23-9-13-10-24-20-16(13)11-2-5-14(18)6-3-11/h2-8,10H,9H2,1H3. The van der Waals surface area contributed by atoms with Crippen LogP contribution in [0.15, 0.2) is 53.4 Å². The molecule has 122 valence electrons. The third kappa shape index (κ3) is 3.40. The highest BCUT2D eigenvalue weighted by Crippen LogP contribution is 2.23. The van der Waals surface area contributed by atoms with Crippen molar-refractivity contribution in [3.63, 3.8) is 0 Å². The van der Waals surface area contributed by atoms with Crippen molar-refractivity contribution in [1.29, 1.82) is 0 Å². The Bertz CT molecular complexity index is 829. The Hall–Kier alpha value is -3.22. The molecule has 2 heterocycles. The van der Waals surface area contributed by atoms with Crippen LogP contribution in [0.2, 0.25) is 0 Å². The van der Waals surface area contributed by atoms with Crippen LogP contribution in [0.25, 0.3) is 11.3 Å². The van der Waals surface area contributed by atoms with Crippen LogP contribution in [0.5, 0.6) is 5.88 Å². The molecule has 1 aromatic carbocycles. The monoisotopic (exact) mass is 328 g/mol. The molecule has 24 heavy (non-hydrogen) atoms. The summed E-state index contributed by atoms with van der Waals surface area (Å²) in [7, 11) is 1.30. The summed E-state index contributed by atoms with van der Waals surface area (Å²) in [5.74, 6) is -0.449. The molecule has 0 fully saturated rings. The molecular weight excluding hydrogens is 315 g/mol. The van der Waals surface area contributed by atoms with Crippen LogP contribution in [0.1, 0.15) is 15.9 Å². The molecule has 0 atom stereocenters. The first-order valence-corrected chi connectivity index (χ1v) is 7.03. The van der Waals surface area contributed by atoms with E-state index in [1.165, 1.54) is 31.7 Å². The second-order valence-electron chi connectivity index (χ2n) is 4.86. The zero-order valence-corrected chi connectivity index (χ0v) is 12.7. The van der Waals surface area contributed by atoms with E-state index in [9.17, 15) is 9.18 Å². The summed E-state index contributed by atoms with van der Waals surface area (Å²) in [6.07, 6.45) is 2.83. The first-order valence-electron chi connectivity index (χ1n) is 7.03. The smallest absolute Gasteiger partial charge is 0.339 e. The van der Waals surface area contributed by atoms with Gasteiger partial charge in [-0.25, -0.2) is 14.2 Å². The van der Waals surface area contributed by atoms with Gasteiger partial charge in [-0.2, -0.15) is 0 Å². The van der Waals surface area contributed by atoms with Crippen molar-refractivity contribution in [3.8, 4) is 17.1 Å². The van der Waals surface area contributed by atoms with Crippen LogP contribution in [0.4, 0.5) is 4.39 Å². The topological polar surface area (TPSA) is 74.5 Å². The van der Waals surface area contributed by atoms with E-state index in [2.05, 4.69) is 14.9 Å². The van der Waals surface area contributed by atoms with E-state index in [0.717, 1.165) is 5.56 Å². The van der Waals surface area contributed by atoms with Gasteiger partial charge in [0, 0.05) is 17.8 Å². The lowest BCUT2D eigenvalue weighted by Gasteiger charge is -2.05. The van der Waals surface area contributed by atoms with Gasteiger partial charge >= 0.3 is 5.97 Å². The molecule has 0 radical (unpaired) electrons. The average molecular weight is 328 g/mol. The van der Waals surface area contributed by atoms with E-state index >= 15 is 0 Å². The Morgan fingerprint density at radius 3 is 2.67 bits per heavy atom. The summed E-state index contributed by atoms with van der Waals surface area (Å²) in [5.41, 5.74) is 2.32. The maximum atomic E-state index is 13.0. The van der Waals surface area contributed by atoms with Gasteiger partial charge in [-0.05, 0) is 30.3 Å². The first-order chi connectivity index (χ1) is 11.7. The first kappa shape index (κ1) is 15.7. The third-order valence-electron chi connectivity index (χ3n) is 3.29. The van der Waals surface area contributed by atoms with E-state index in [4.69, 9.17) is 9.26 Å². The quantitative estimate of drug-likeness (QED) is 0.669. The number of carbonyl (C=O) groups is 1. The molecule has 0 saturated carbocycles. The molecule has 0 N–H and O–H groups in total. The Morgan fingerprint density at radius 1 is 1.21 bits per heavy atom. The van der Waals surface area contributed by atoms with Gasteiger partial charge in [-0.15, -0.1) is 0 Å². The Morgan fingerprint density at radius 2 is 2.00 bits per heavy atom. The molecule has 0 aliphatic heterocycles. The summed E-state index contributed by atoms with van der Waals surface area (Å²) in [5, 5.41) is 3.92. The highest BCUT2D eigenvalue weighted by Gasteiger charge is 2.12. The van der Waals surface area contributed by atoms with Gasteiger partial charge in [0.1, 0.15) is 24.4 Å². The minimum Gasteiger partial charge on any atom is -0.473 e. The van der Waals surface area contributed by atoms with Crippen LogP contribution in [-0.4, -0.2) is 23.2 Å². The fraction of sp³-hybridized carbons (Fsp3) is 0.118. The number of benzene rings is 1. The predicted octanol–water partition coefficient (Wildman–Crippen LogP) is 3.24. The largest absolute Gasteiger partial charge is 0.473 e. The number of carbonyl (C=O) groups excluding carboxylic acids is 1. The summed E-state index contributed by atoms with van der Waals surface area (Å²) in [6, 6.07) is 9.05. The fourth-order valence-corrected chi connectivity index (χ4v) is 2.06. The summed E-state index contributed by atoms with van der Waals surface area (Å²) < 4.78 is 28.2. The number of ether oxygens (including phenoxy) is 2. The molecule has 0 amide bonds. The molecule has 7 heteroatoms. The fourth-order valence-electron chi connectivity index (χ4n) is 2.06. The minimum atomic E-state index is -0.466. The summed E-state index contributed by atoms with van der Waals surface area (Å²) in [6.45, 7) is 0.167. The highest BCUT2D eigenvalue weighted by atomic mass is 19.1. The summed E-state index contributed by atoms with van der Waals surface area (Å²) >= 11 is 0. The van der Waals surface area contributed by atoms with E-state index in [1.807, 2.05) is 0 Å². The van der Waals surface area contributed by atoms with E-state index in [1.54, 1.807) is 24.3 Å². The van der Waals surface area contributed by atoms with Crippen LogP contribution in [0, 0.1) is 5.82 Å². The van der Waals surface area contributed by atoms with Gasteiger partial charge in [-0.3, -0.25) is 0 Å². The lowest BCUT2D eigenvalue weighted by atomic mass is 10.1. The number of hydrogen-bond donors (Lipinski definition) is 0. The number of rotatable bonds is 5. The maximum Gasteiger partial charge on any atom is 0.339 e. The lowest BCUT2D eigenvalue weighted by Crippen LogP contribution is -2.03. The Labute approximate surface area is 136 Å². The highest BCUT2D eigenvalue weighted by molar-refractivity contribution is 5.88. The van der Waals surface area contributed by atoms with Gasteiger partial charge in [0.25, 0.3) is 0 Å². The molecule has 6 nitrogen and oxygen atoms in total. The molecule has 0 unspecified atom stereocenters. The number of pyridine rings is 1. The van der Waals surface area contributed by atoms with Crippen molar-refractivity contribution in [3.05, 3.63) is 65.8 Å². The summed E-state index contributed by atoms with van der Waals surface area (Å²) in [4.78, 5) is 15.4. The van der Waals surface area contributed by atoms with Gasteiger partial charge < -0.3 is 14.0 Å². The van der Waals surface area contributed by atoms with Crippen molar-refractivity contribution in [2.75, 3.05) is 7.11 Å². The van der Waals surface area contributed by atoms with Crippen LogP contribution in [-0.2, 0) is 11.3 Å². The number of methoxy groups -OCH3 is 1. The average Bonchev–Trinajstić information content (AvgIpc) is 3.09. The Balaban J connectivity index is 1.70. The molecule has 0 spiro atoms. The number of halogens is 1. The van der Waals surface area contributed by atoms with Gasteiger partial charge in [0.05, 0.1) is 18.2 Å². The van der Waals surface area contributed by atoms with Crippen molar-refractivity contribution >= 4 is 5.97 Å². The van der Waals surface area contributed by atoms with Gasteiger partial charge in [-0.1, -0.05) is 5.16 Å². The molecule has 0 saturated heterocycles. The van der Waals surface area contributed by atoms with Crippen molar-refractivity contribution in [1.82, 2.24) is 10.1 Å². The zero-order chi connectivity index (χ0) is 16.9. The molecule has 0 aliphatic carbocycles. The maximum absolute atomic E-state index is 13.0. The van der Waals surface area contributed by atoms with E-state index in [0.29, 0.717) is 22.7 Å². The molecule has 2 aromatic heterocycles. The van der Waals surface area contributed by atoms with Gasteiger partial charge in [0.15, 0.2) is 0 Å². The number of aromatic nitrogens is 2. The van der Waals surface area contributed by atoms with Gasteiger partial charge in [0.2, 0.25) is 5.88 Å². The normalized spacial score (nSPS) is 10.4. The minimum absolute atomic E-state index is 0.167. The van der Waals surface area contributed by atoms with Crippen molar-refractivity contribution in [2.24, 2.45) is 0 Å². The second-order valence-corrected chi connectivity index (χ2v) is 4.86. The molecule has 0 bridgehead atoms. The zero-order valence-electron chi connectivity index (χ0n) is 12.7. The SMILES string of the molecule is COC(=O)c1ccc(OCc2conc2-c2ccc(F)cc2)nc1. The van der Waals surface area contributed by atoms with E-state index < -0.39 is 5.97 Å². The van der Waals surface area contributed by atoms with Crippen LogP contribution >= 0.6 is 0 Å². The third-order valence-corrected chi connectivity index (χ3v) is 3.29. The van der Waals surface area contributed by atoms with Crippen LogP contribution in [0.3, 0.4) is 0 Å². The molecule has 0 aliphatic rings. The number of nitrogens with zero attached hydrogens (tertiary/aromatic N) is 2. The molecular formula is C17H13FN2O4. The van der Waals surface area contributed by atoms with Crippen molar-refractivity contribution in [2.45, 2.75) is 6.61 Å². The second kappa shape index (κ2) is 6.91. The predicted molar refractivity (Wildman–Crippen MR) is 81.8 cm³/mol. The molecule has 3 rings (SSSR count). The number of hydrogen-bond acceptors (Lipinski definition) is 6. The van der Waals surface area contributed by atoms with E-state index in [-0.39, 0.29) is 12.4 Å². The van der Waals surface area contributed by atoms with Crippen molar-refractivity contribution < 1.29 is 23.2 Å². The Kier molecular flexibility index (Phi) is 4.51.